The molecule has 90 valence electrons. The van der Waals surface area contributed by atoms with Gasteiger partial charge in [-0.25, -0.2) is 5.10 Å². The Morgan fingerprint density at radius 2 is 2.29 bits per heavy atom. The van der Waals surface area contributed by atoms with Crippen LogP contribution in [0.3, 0.4) is 0 Å². The third-order valence-corrected chi connectivity index (χ3v) is 3.72. The standard InChI is InChI=1S/C12H15N3O2/c16-11-6-9-7-15(5-4-10(9)13-14-11)12(17)8-2-1-3-8/h6,8H,1-5,7H2,(H,14,16). The molecule has 1 aliphatic heterocycles. The van der Waals surface area contributed by atoms with Gasteiger partial charge < -0.3 is 4.90 Å². The first-order chi connectivity index (χ1) is 8.24. The molecule has 5 heteroatoms. The average molecular weight is 233 g/mol. The number of hydrogen-bond donors (Lipinski definition) is 1. The summed E-state index contributed by atoms with van der Waals surface area (Å²) in [7, 11) is 0. The van der Waals surface area contributed by atoms with Crippen molar-refractivity contribution in [2.75, 3.05) is 6.54 Å². The minimum atomic E-state index is -0.193. The van der Waals surface area contributed by atoms with Gasteiger partial charge in [0.2, 0.25) is 5.91 Å². The first-order valence-corrected chi connectivity index (χ1v) is 6.10. The zero-order valence-electron chi connectivity index (χ0n) is 9.61. The van der Waals surface area contributed by atoms with E-state index in [2.05, 4.69) is 10.2 Å². The van der Waals surface area contributed by atoms with E-state index >= 15 is 0 Å². The van der Waals surface area contributed by atoms with Crippen LogP contribution in [0.25, 0.3) is 0 Å². The number of aromatic amines is 1. The summed E-state index contributed by atoms with van der Waals surface area (Å²) in [5, 5.41) is 6.46. The van der Waals surface area contributed by atoms with Gasteiger partial charge >= 0.3 is 0 Å². The van der Waals surface area contributed by atoms with Crippen LogP contribution in [0, 0.1) is 5.92 Å². The van der Waals surface area contributed by atoms with Crippen LogP contribution in [0.15, 0.2) is 10.9 Å². The molecule has 1 aliphatic carbocycles. The fourth-order valence-corrected chi connectivity index (χ4v) is 2.45. The molecule has 1 aromatic rings. The summed E-state index contributed by atoms with van der Waals surface area (Å²) in [6, 6.07) is 1.56. The van der Waals surface area contributed by atoms with Crippen molar-refractivity contribution in [3.05, 3.63) is 27.7 Å². The summed E-state index contributed by atoms with van der Waals surface area (Å²) >= 11 is 0. The van der Waals surface area contributed by atoms with Gasteiger partial charge in [0.1, 0.15) is 0 Å². The van der Waals surface area contributed by atoms with Gasteiger partial charge in [-0.05, 0) is 12.8 Å². The molecule has 1 amide bonds. The molecular formula is C12H15N3O2. The second kappa shape index (κ2) is 3.98. The topological polar surface area (TPSA) is 66.1 Å². The zero-order chi connectivity index (χ0) is 11.8. The first-order valence-electron chi connectivity index (χ1n) is 6.10. The average Bonchev–Trinajstić information content (AvgIpc) is 2.25. The molecule has 1 aromatic heterocycles. The molecule has 0 unspecified atom stereocenters. The maximum atomic E-state index is 12.1. The lowest BCUT2D eigenvalue weighted by Gasteiger charge is -2.34. The Balaban J connectivity index is 1.79. The van der Waals surface area contributed by atoms with E-state index in [4.69, 9.17) is 0 Å². The van der Waals surface area contributed by atoms with Gasteiger partial charge in [0.15, 0.2) is 0 Å². The Hall–Kier alpha value is -1.65. The van der Waals surface area contributed by atoms with Crippen LogP contribution in [0.2, 0.25) is 0 Å². The lowest BCUT2D eigenvalue weighted by molar-refractivity contribution is -0.139. The van der Waals surface area contributed by atoms with Gasteiger partial charge in [-0.2, -0.15) is 5.10 Å². The largest absolute Gasteiger partial charge is 0.338 e. The summed E-state index contributed by atoms with van der Waals surface area (Å²) in [5.41, 5.74) is 1.62. The van der Waals surface area contributed by atoms with Crippen molar-refractivity contribution < 1.29 is 4.79 Å². The fraction of sp³-hybridized carbons (Fsp3) is 0.583. The van der Waals surface area contributed by atoms with Crippen molar-refractivity contribution in [1.29, 1.82) is 0 Å². The molecule has 0 bridgehead atoms. The van der Waals surface area contributed by atoms with Crippen LogP contribution in [0.1, 0.15) is 30.5 Å². The highest BCUT2D eigenvalue weighted by atomic mass is 16.2. The van der Waals surface area contributed by atoms with E-state index in [9.17, 15) is 9.59 Å². The van der Waals surface area contributed by atoms with E-state index < -0.39 is 0 Å². The second-order valence-electron chi connectivity index (χ2n) is 4.84. The molecule has 17 heavy (non-hydrogen) atoms. The van der Waals surface area contributed by atoms with Gasteiger partial charge in [-0.1, -0.05) is 6.42 Å². The van der Waals surface area contributed by atoms with Crippen molar-refractivity contribution in [1.82, 2.24) is 15.1 Å². The van der Waals surface area contributed by atoms with Gasteiger partial charge in [0, 0.05) is 37.1 Å². The first kappa shape index (κ1) is 10.5. The van der Waals surface area contributed by atoms with Crippen molar-refractivity contribution in [2.45, 2.75) is 32.2 Å². The minimum absolute atomic E-state index is 0.193. The Labute approximate surface area is 98.8 Å². The predicted octanol–water partition coefficient (Wildman–Crippen LogP) is 0.455. The second-order valence-corrected chi connectivity index (χ2v) is 4.84. The SMILES string of the molecule is O=C(C1CCC1)N1CCc2n[nH]c(=O)cc2C1. The Kier molecular flexibility index (Phi) is 2.46. The quantitative estimate of drug-likeness (QED) is 0.766. The summed E-state index contributed by atoms with van der Waals surface area (Å²) < 4.78 is 0. The number of fused-ring (bicyclic) bond motifs is 1. The zero-order valence-corrected chi connectivity index (χ0v) is 9.61. The molecule has 0 saturated heterocycles. The van der Waals surface area contributed by atoms with Crippen LogP contribution in [0.5, 0.6) is 0 Å². The summed E-state index contributed by atoms with van der Waals surface area (Å²) in [4.78, 5) is 25.2. The third-order valence-electron chi connectivity index (χ3n) is 3.72. The molecule has 1 N–H and O–H groups in total. The van der Waals surface area contributed by atoms with Crippen LogP contribution in [0.4, 0.5) is 0 Å². The van der Waals surface area contributed by atoms with Crippen molar-refractivity contribution >= 4 is 5.91 Å². The maximum Gasteiger partial charge on any atom is 0.264 e. The van der Waals surface area contributed by atoms with Crippen molar-refractivity contribution in [3.8, 4) is 0 Å². The summed E-state index contributed by atoms with van der Waals surface area (Å²) in [6.07, 6.45) is 3.96. The molecular weight excluding hydrogens is 218 g/mol. The molecule has 1 fully saturated rings. The Bertz CT molecular complexity index is 505. The van der Waals surface area contributed by atoms with E-state index in [1.165, 1.54) is 6.42 Å². The number of aromatic nitrogens is 2. The number of amides is 1. The van der Waals surface area contributed by atoms with Crippen molar-refractivity contribution in [3.63, 3.8) is 0 Å². The van der Waals surface area contributed by atoms with Crippen molar-refractivity contribution in [2.24, 2.45) is 5.92 Å². The van der Waals surface area contributed by atoms with Crippen LogP contribution >= 0.6 is 0 Å². The number of carbonyl (C=O) groups excluding carboxylic acids is 1. The summed E-state index contributed by atoms with van der Waals surface area (Å²) in [6.45, 7) is 1.27. The fourth-order valence-electron chi connectivity index (χ4n) is 2.45. The number of nitrogens with one attached hydrogen (secondary N) is 1. The number of hydrogen-bond acceptors (Lipinski definition) is 3. The van der Waals surface area contributed by atoms with E-state index in [-0.39, 0.29) is 17.4 Å². The highest BCUT2D eigenvalue weighted by Crippen LogP contribution is 2.29. The molecule has 0 atom stereocenters. The van der Waals surface area contributed by atoms with Gasteiger partial charge in [0.05, 0.1) is 5.69 Å². The molecule has 0 spiro atoms. The molecule has 0 radical (unpaired) electrons. The Morgan fingerprint density at radius 1 is 1.47 bits per heavy atom. The third kappa shape index (κ3) is 1.85. The monoisotopic (exact) mass is 233 g/mol. The Morgan fingerprint density at radius 3 is 3.00 bits per heavy atom. The normalized spacial score (nSPS) is 19.6. The van der Waals surface area contributed by atoms with E-state index in [0.717, 1.165) is 37.1 Å². The number of carbonyl (C=O) groups is 1. The van der Waals surface area contributed by atoms with E-state index in [1.54, 1.807) is 6.07 Å². The number of nitrogens with zero attached hydrogens (tertiary/aromatic N) is 2. The number of H-pyrrole nitrogens is 1. The number of rotatable bonds is 1. The predicted molar refractivity (Wildman–Crippen MR) is 61.3 cm³/mol. The summed E-state index contributed by atoms with van der Waals surface area (Å²) in [5.74, 6) is 0.480. The molecule has 2 aliphatic rings. The molecule has 1 saturated carbocycles. The minimum Gasteiger partial charge on any atom is -0.338 e. The van der Waals surface area contributed by atoms with E-state index in [1.807, 2.05) is 4.90 Å². The van der Waals surface area contributed by atoms with Gasteiger partial charge in [-0.15, -0.1) is 0 Å². The van der Waals surface area contributed by atoms with Crippen LogP contribution in [-0.4, -0.2) is 27.5 Å². The molecule has 3 rings (SSSR count). The molecule has 0 aromatic carbocycles. The maximum absolute atomic E-state index is 12.1. The smallest absolute Gasteiger partial charge is 0.264 e. The van der Waals surface area contributed by atoms with Crippen LogP contribution < -0.4 is 5.56 Å². The van der Waals surface area contributed by atoms with Gasteiger partial charge in [-0.3, -0.25) is 9.59 Å². The van der Waals surface area contributed by atoms with E-state index in [0.29, 0.717) is 6.54 Å². The highest BCUT2D eigenvalue weighted by Gasteiger charge is 2.31. The molecule has 2 heterocycles. The molecule has 5 nitrogen and oxygen atoms in total. The van der Waals surface area contributed by atoms with Gasteiger partial charge in [0.25, 0.3) is 5.56 Å². The van der Waals surface area contributed by atoms with Crippen LogP contribution in [-0.2, 0) is 17.8 Å². The lowest BCUT2D eigenvalue weighted by atomic mass is 9.84. The highest BCUT2D eigenvalue weighted by molar-refractivity contribution is 5.79. The lowest BCUT2D eigenvalue weighted by Crippen LogP contribution is -2.42.